The van der Waals surface area contributed by atoms with Crippen LogP contribution in [0.5, 0.6) is 0 Å². The third-order valence-corrected chi connectivity index (χ3v) is 5.59. The molecule has 3 aromatic rings. The number of benzene rings is 1. The number of aromatic nitrogens is 3. The molecular weight excluding hydrogens is 378 g/mol. The molecular formula is C20H20F2N6O. The van der Waals surface area contributed by atoms with Gasteiger partial charge in [-0.2, -0.15) is 4.52 Å². The zero-order valence-electron chi connectivity index (χ0n) is 15.7. The molecule has 2 aliphatic rings. The quantitative estimate of drug-likeness (QED) is 0.732. The van der Waals surface area contributed by atoms with Gasteiger partial charge in [0.05, 0.1) is 12.2 Å². The highest BCUT2D eigenvalue weighted by Crippen LogP contribution is 2.36. The predicted octanol–water partition coefficient (Wildman–Crippen LogP) is 3.59. The first kappa shape index (κ1) is 17.8. The Morgan fingerprint density at radius 1 is 1.10 bits per heavy atom. The van der Waals surface area contributed by atoms with E-state index in [0.717, 1.165) is 38.1 Å². The van der Waals surface area contributed by atoms with Crippen molar-refractivity contribution < 1.29 is 13.6 Å². The lowest BCUT2D eigenvalue weighted by Crippen LogP contribution is -2.44. The van der Waals surface area contributed by atoms with Crippen LogP contribution in [0, 0.1) is 11.6 Å². The summed E-state index contributed by atoms with van der Waals surface area (Å²) in [5, 5.41) is 7.47. The molecule has 2 saturated heterocycles. The summed E-state index contributed by atoms with van der Waals surface area (Å²) < 4.78 is 29.6. The minimum Gasteiger partial charge on any atom is -0.348 e. The van der Waals surface area contributed by atoms with E-state index in [1.165, 1.54) is 6.07 Å². The van der Waals surface area contributed by atoms with Crippen LogP contribution >= 0.6 is 0 Å². The van der Waals surface area contributed by atoms with Crippen LogP contribution in [0.25, 0.3) is 5.65 Å². The molecule has 2 fully saturated rings. The Hall–Kier alpha value is -3.23. The molecule has 7 nitrogen and oxygen atoms in total. The van der Waals surface area contributed by atoms with E-state index < -0.39 is 11.6 Å². The summed E-state index contributed by atoms with van der Waals surface area (Å²) in [6.07, 6.45) is 4.14. The summed E-state index contributed by atoms with van der Waals surface area (Å²) in [5.41, 5.74) is 0.932. The zero-order valence-corrected chi connectivity index (χ0v) is 15.7. The minimum atomic E-state index is -0.456. The molecule has 0 spiro atoms. The van der Waals surface area contributed by atoms with Gasteiger partial charge in [0.25, 0.3) is 0 Å². The number of hydrogen-bond donors (Lipinski definition) is 1. The molecule has 150 valence electrons. The van der Waals surface area contributed by atoms with Crippen LogP contribution < -0.4 is 10.2 Å². The van der Waals surface area contributed by atoms with E-state index in [-0.39, 0.29) is 12.1 Å². The van der Waals surface area contributed by atoms with E-state index in [4.69, 9.17) is 0 Å². The molecule has 2 aliphatic heterocycles. The van der Waals surface area contributed by atoms with E-state index >= 15 is 0 Å². The average molecular weight is 398 g/mol. The van der Waals surface area contributed by atoms with E-state index in [2.05, 4.69) is 15.4 Å². The molecule has 1 atom stereocenters. The largest absolute Gasteiger partial charge is 0.348 e. The normalized spacial score (nSPS) is 18.9. The summed E-state index contributed by atoms with van der Waals surface area (Å²) >= 11 is 0. The molecule has 5 rings (SSSR count). The second kappa shape index (κ2) is 6.98. The SMILES string of the molecule is O=C(Nc1cnc2ccc(N3CCCC3c3cc(F)ccc3F)nn12)N1CCC1. The summed E-state index contributed by atoms with van der Waals surface area (Å²) in [6, 6.07) is 6.70. The minimum absolute atomic E-state index is 0.175. The van der Waals surface area contributed by atoms with Crippen molar-refractivity contribution in [3.63, 3.8) is 0 Å². The molecule has 2 aromatic heterocycles. The Kier molecular flexibility index (Phi) is 4.30. The first-order valence-electron chi connectivity index (χ1n) is 9.72. The maximum atomic E-state index is 14.4. The fourth-order valence-electron chi connectivity index (χ4n) is 3.94. The molecule has 1 unspecified atom stereocenters. The van der Waals surface area contributed by atoms with Gasteiger partial charge < -0.3 is 9.80 Å². The monoisotopic (exact) mass is 398 g/mol. The molecule has 9 heteroatoms. The molecule has 0 bridgehead atoms. The van der Waals surface area contributed by atoms with E-state index in [1.54, 1.807) is 21.7 Å². The topological polar surface area (TPSA) is 65.8 Å². The summed E-state index contributed by atoms with van der Waals surface area (Å²) in [7, 11) is 0. The average Bonchev–Trinajstić information content (AvgIpc) is 3.29. The van der Waals surface area contributed by atoms with Gasteiger partial charge in [-0.25, -0.2) is 18.6 Å². The molecule has 1 N–H and O–H groups in total. The fraction of sp³-hybridized carbons (Fsp3) is 0.350. The van der Waals surface area contributed by atoms with Gasteiger partial charge in [0.1, 0.15) is 17.5 Å². The van der Waals surface area contributed by atoms with Gasteiger partial charge in [-0.1, -0.05) is 0 Å². The maximum Gasteiger partial charge on any atom is 0.323 e. The third kappa shape index (κ3) is 3.16. The third-order valence-electron chi connectivity index (χ3n) is 5.59. The van der Waals surface area contributed by atoms with Crippen LogP contribution in [-0.2, 0) is 0 Å². The number of urea groups is 1. The number of nitrogens with one attached hydrogen (secondary N) is 1. The molecule has 29 heavy (non-hydrogen) atoms. The van der Waals surface area contributed by atoms with Gasteiger partial charge in [-0.3, -0.25) is 5.32 Å². The lowest BCUT2D eigenvalue weighted by Gasteiger charge is -2.30. The highest BCUT2D eigenvalue weighted by Gasteiger charge is 2.30. The smallest absolute Gasteiger partial charge is 0.323 e. The number of amides is 2. The second-order valence-electron chi connectivity index (χ2n) is 7.39. The lowest BCUT2D eigenvalue weighted by atomic mass is 10.0. The maximum absolute atomic E-state index is 14.4. The summed E-state index contributed by atoms with van der Waals surface area (Å²) in [4.78, 5) is 20.2. The van der Waals surface area contributed by atoms with Gasteiger partial charge in [0.15, 0.2) is 11.5 Å². The molecule has 0 radical (unpaired) electrons. The van der Waals surface area contributed by atoms with E-state index in [0.29, 0.717) is 35.8 Å². The molecule has 0 aliphatic carbocycles. The molecule has 2 amide bonds. The molecule has 0 saturated carbocycles. The Bertz CT molecular complexity index is 1080. The van der Waals surface area contributed by atoms with Crippen LogP contribution in [0.2, 0.25) is 0 Å². The van der Waals surface area contributed by atoms with Crippen molar-refractivity contribution in [3.8, 4) is 0 Å². The number of imidazole rings is 1. The van der Waals surface area contributed by atoms with Crippen molar-refractivity contribution in [2.45, 2.75) is 25.3 Å². The van der Waals surface area contributed by atoms with Gasteiger partial charge in [-0.15, -0.1) is 5.10 Å². The van der Waals surface area contributed by atoms with Crippen molar-refractivity contribution >= 4 is 23.3 Å². The lowest BCUT2D eigenvalue weighted by molar-refractivity contribution is 0.181. The van der Waals surface area contributed by atoms with Crippen LogP contribution in [0.4, 0.5) is 25.2 Å². The van der Waals surface area contributed by atoms with Gasteiger partial charge >= 0.3 is 6.03 Å². The number of rotatable bonds is 3. The van der Waals surface area contributed by atoms with E-state index in [1.807, 2.05) is 11.0 Å². The van der Waals surface area contributed by atoms with Gasteiger partial charge in [0.2, 0.25) is 0 Å². The van der Waals surface area contributed by atoms with Gasteiger partial charge in [0, 0.05) is 25.2 Å². The van der Waals surface area contributed by atoms with Gasteiger partial charge in [-0.05, 0) is 49.6 Å². The van der Waals surface area contributed by atoms with Crippen molar-refractivity contribution in [2.75, 3.05) is 29.9 Å². The number of anilines is 2. The van der Waals surface area contributed by atoms with Crippen molar-refractivity contribution in [2.24, 2.45) is 0 Å². The summed E-state index contributed by atoms with van der Waals surface area (Å²) in [6.45, 7) is 2.18. The molecule has 1 aromatic carbocycles. The predicted molar refractivity (Wildman–Crippen MR) is 104 cm³/mol. The van der Waals surface area contributed by atoms with Crippen LogP contribution in [0.1, 0.15) is 30.9 Å². The second-order valence-corrected chi connectivity index (χ2v) is 7.39. The van der Waals surface area contributed by atoms with Crippen molar-refractivity contribution in [1.82, 2.24) is 19.5 Å². The summed E-state index contributed by atoms with van der Waals surface area (Å²) in [5.74, 6) is 0.226. The standard InChI is InChI=1S/C20H20F2N6O/c21-13-4-5-15(22)14(11-13)16-3-1-10-27(16)18-7-6-17-23-12-19(28(17)25-18)24-20(29)26-8-2-9-26/h4-7,11-12,16H,1-3,8-10H2,(H,24,29). The Morgan fingerprint density at radius 2 is 1.97 bits per heavy atom. The first-order valence-corrected chi connectivity index (χ1v) is 9.72. The number of fused-ring (bicyclic) bond motifs is 1. The Morgan fingerprint density at radius 3 is 2.76 bits per heavy atom. The zero-order chi connectivity index (χ0) is 20.0. The van der Waals surface area contributed by atoms with Crippen LogP contribution in [0.15, 0.2) is 36.5 Å². The number of hydrogen-bond acceptors (Lipinski definition) is 4. The number of halogens is 2. The van der Waals surface area contributed by atoms with Crippen molar-refractivity contribution in [1.29, 1.82) is 0 Å². The van der Waals surface area contributed by atoms with E-state index in [9.17, 15) is 13.6 Å². The highest BCUT2D eigenvalue weighted by molar-refractivity contribution is 5.89. The van der Waals surface area contributed by atoms with Crippen LogP contribution in [-0.4, -0.2) is 45.2 Å². The van der Waals surface area contributed by atoms with Crippen molar-refractivity contribution in [3.05, 3.63) is 53.7 Å². The number of likely N-dealkylation sites (tertiary alicyclic amines) is 1. The Labute approximate surface area is 165 Å². The first-order chi connectivity index (χ1) is 14.1. The highest BCUT2D eigenvalue weighted by atomic mass is 19.1. The van der Waals surface area contributed by atoms with Crippen LogP contribution in [0.3, 0.4) is 0 Å². The number of nitrogens with zero attached hydrogens (tertiary/aromatic N) is 5. The number of carbonyl (C=O) groups excluding carboxylic acids is 1. The Balaban J connectivity index is 1.47. The fourth-order valence-corrected chi connectivity index (χ4v) is 3.94. The number of carbonyl (C=O) groups is 1. The molecule has 4 heterocycles.